The number of benzene rings is 1. The van der Waals surface area contributed by atoms with Crippen LogP contribution in [-0.2, 0) is 0 Å². The van der Waals surface area contributed by atoms with Gasteiger partial charge in [-0.1, -0.05) is 42.6 Å². The number of hydrogen-bond donors (Lipinski definition) is 1. The molecule has 1 rings (SSSR count). The predicted octanol–water partition coefficient (Wildman–Crippen LogP) is 4.63. The smallest absolute Gasteiger partial charge is 0.125 e. The maximum atomic E-state index is 10.4. The molecule has 3 heteroatoms. The third kappa shape index (κ3) is 3.72. The molecule has 0 aliphatic heterocycles. The second kappa shape index (κ2) is 7.15. The molecule has 0 radical (unpaired) electrons. The molecule has 2 unspecified atom stereocenters. The van der Waals surface area contributed by atoms with Crippen molar-refractivity contribution in [2.75, 3.05) is 7.11 Å². The molecule has 0 saturated heterocycles. The summed E-state index contributed by atoms with van der Waals surface area (Å²) in [5, 5.41) is 10.4. The van der Waals surface area contributed by atoms with Gasteiger partial charge in [-0.05, 0) is 37.0 Å². The van der Waals surface area contributed by atoms with E-state index in [1.807, 2.05) is 19.1 Å². The zero-order valence-electron chi connectivity index (χ0n) is 11.7. The highest BCUT2D eigenvalue weighted by Gasteiger charge is 2.20. The van der Waals surface area contributed by atoms with Crippen molar-refractivity contribution in [3.8, 4) is 5.75 Å². The van der Waals surface area contributed by atoms with Crippen LogP contribution < -0.4 is 4.74 Å². The molecule has 0 aromatic heterocycles. The average Bonchev–Trinajstić information content (AvgIpc) is 2.37. The van der Waals surface area contributed by atoms with Gasteiger partial charge in [0.05, 0.1) is 13.2 Å². The van der Waals surface area contributed by atoms with Crippen LogP contribution in [0.5, 0.6) is 5.75 Å². The van der Waals surface area contributed by atoms with Crippen LogP contribution >= 0.6 is 15.9 Å². The van der Waals surface area contributed by atoms with Gasteiger partial charge >= 0.3 is 0 Å². The molecule has 1 aromatic rings. The number of methoxy groups -OCH3 is 1. The molecule has 0 amide bonds. The van der Waals surface area contributed by atoms with Crippen molar-refractivity contribution < 1.29 is 9.84 Å². The van der Waals surface area contributed by atoms with Gasteiger partial charge in [-0.15, -0.1) is 0 Å². The van der Waals surface area contributed by atoms with Crippen LogP contribution in [0.25, 0.3) is 0 Å². The Balaban J connectivity index is 2.96. The highest BCUT2D eigenvalue weighted by molar-refractivity contribution is 9.10. The van der Waals surface area contributed by atoms with Gasteiger partial charge in [-0.3, -0.25) is 0 Å². The molecule has 1 N–H and O–H groups in total. The summed E-state index contributed by atoms with van der Waals surface area (Å²) in [4.78, 5) is 0. The van der Waals surface area contributed by atoms with Crippen LogP contribution in [0.4, 0.5) is 0 Å². The lowest BCUT2D eigenvalue weighted by Crippen LogP contribution is -2.11. The lowest BCUT2D eigenvalue weighted by Gasteiger charge is -2.22. The summed E-state index contributed by atoms with van der Waals surface area (Å²) in [5.74, 6) is 1.01. The molecule has 2 nitrogen and oxygen atoms in total. The van der Waals surface area contributed by atoms with E-state index in [0.717, 1.165) is 40.6 Å². The number of halogens is 1. The molecule has 18 heavy (non-hydrogen) atoms. The standard InChI is InChI=1S/C15H23BrO2/c1-5-6-7-10(2)15(17)12-9-13(16)11(3)8-14(12)18-4/h8-10,15,17H,5-7H2,1-4H3. The zero-order chi connectivity index (χ0) is 13.7. The van der Waals surface area contributed by atoms with Crippen LogP contribution in [0.1, 0.15) is 50.3 Å². The molecule has 102 valence electrons. The summed E-state index contributed by atoms with van der Waals surface area (Å²) < 4.78 is 6.39. The van der Waals surface area contributed by atoms with E-state index in [2.05, 4.69) is 29.8 Å². The van der Waals surface area contributed by atoms with E-state index in [0.29, 0.717) is 0 Å². The summed E-state index contributed by atoms with van der Waals surface area (Å²) in [6, 6.07) is 3.94. The Morgan fingerprint density at radius 3 is 2.61 bits per heavy atom. The fourth-order valence-corrected chi connectivity index (χ4v) is 2.43. The van der Waals surface area contributed by atoms with Crippen molar-refractivity contribution in [2.24, 2.45) is 5.92 Å². The van der Waals surface area contributed by atoms with Gasteiger partial charge in [0.25, 0.3) is 0 Å². The quantitative estimate of drug-likeness (QED) is 0.829. The maximum Gasteiger partial charge on any atom is 0.125 e. The number of rotatable bonds is 6. The number of aliphatic hydroxyl groups excluding tert-OH is 1. The minimum absolute atomic E-state index is 0.244. The second-order valence-electron chi connectivity index (χ2n) is 4.91. The predicted molar refractivity (Wildman–Crippen MR) is 79.1 cm³/mol. The lowest BCUT2D eigenvalue weighted by molar-refractivity contribution is 0.108. The zero-order valence-corrected chi connectivity index (χ0v) is 13.3. The molecule has 0 spiro atoms. The van der Waals surface area contributed by atoms with E-state index < -0.39 is 6.10 Å². The van der Waals surface area contributed by atoms with E-state index in [4.69, 9.17) is 4.74 Å². The minimum atomic E-state index is -0.469. The maximum absolute atomic E-state index is 10.4. The van der Waals surface area contributed by atoms with Crippen molar-refractivity contribution in [1.29, 1.82) is 0 Å². The molecule has 0 fully saturated rings. The first kappa shape index (κ1) is 15.5. The Morgan fingerprint density at radius 1 is 1.39 bits per heavy atom. The van der Waals surface area contributed by atoms with E-state index >= 15 is 0 Å². The van der Waals surface area contributed by atoms with E-state index in [1.54, 1.807) is 7.11 Å². The van der Waals surface area contributed by atoms with Crippen molar-refractivity contribution in [1.82, 2.24) is 0 Å². The van der Waals surface area contributed by atoms with Gasteiger partial charge in [-0.2, -0.15) is 0 Å². The van der Waals surface area contributed by atoms with E-state index in [-0.39, 0.29) is 5.92 Å². The SMILES string of the molecule is CCCCC(C)C(O)c1cc(Br)c(C)cc1OC. The molecular weight excluding hydrogens is 292 g/mol. The van der Waals surface area contributed by atoms with Gasteiger partial charge in [0.1, 0.15) is 5.75 Å². The van der Waals surface area contributed by atoms with Gasteiger partial charge in [0, 0.05) is 10.0 Å². The topological polar surface area (TPSA) is 29.5 Å². The van der Waals surface area contributed by atoms with Gasteiger partial charge < -0.3 is 9.84 Å². The summed E-state index contributed by atoms with van der Waals surface area (Å²) in [6.07, 6.45) is 2.87. The Labute approximate surface area is 118 Å². The van der Waals surface area contributed by atoms with E-state index in [9.17, 15) is 5.11 Å². The van der Waals surface area contributed by atoms with Gasteiger partial charge in [-0.25, -0.2) is 0 Å². The minimum Gasteiger partial charge on any atom is -0.496 e. The van der Waals surface area contributed by atoms with Crippen molar-refractivity contribution in [2.45, 2.75) is 46.1 Å². The summed E-state index contributed by atoms with van der Waals surface area (Å²) in [7, 11) is 1.65. The van der Waals surface area contributed by atoms with Crippen LogP contribution in [-0.4, -0.2) is 12.2 Å². The lowest BCUT2D eigenvalue weighted by atomic mass is 9.92. The third-order valence-electron chi connectivity index (χ3n) is 3.38. The highest BCUT2D eigenvalue weighted by Crippen LogP contribution is 2.35. The Morgan fingerprint density at radius 2 is 2.06 bits per heavy atom. The van der Waals surface area contributed by atoms with Crippen molar-refractivity contribution in [3.05, 3.63) is 27.7 Å². The first-order valence-corrected chi connectivity index (χ1v) is 7.32. The Kier molecular flexibility index (Phi) is 6.16. The van der Waals surface area contributed by atoms with Crippen LogP contribution in [0.15, 0.2) is 16.6 Å². The average molecular weight is 315 g/mol. The molecule has 0 aliphatic carbocycles. The third-order valence-corrected chi connectivity index (χ3v) is 4.24. The number of unbranched alkanes of at least 4 members (excludes halogenated alkanes) is 1. The van der Waals surface area contributed by atoms with Crippen LogP contribution in [0, 0.1) is 12.8 Å². The van der Waals surface area contributed by atoms with Gasteiger partial charge in [0.15, 0.2) is 0 Å². The second-order valence-corrected chi connectivity index (χ2v) is 5.76. The largest absolute Gasteiger partial charge is 0.496 e. The molecule has 0 bridgehead atoms. The molecule has 1 aromatic carbocycles. The summed E-state index contributed by atoms with van der Waals surface area (Å²) >= 11 is 3.51. The molecular formula is C15H23BrO2. The first-order chi connectivity index (χ1) is 8.51. The van der Waals surface area contributed by atoms with Gasteiger partial charge in [0.2, 0.25) is 0 Å². The fourth-order valence-electron chi connectivity index (χ4n) is 2.07. The Hall–Kier alpha value is -0.540. The normalized spacial score (nSPS) is 14.3. The number of hydrogen-bond acceptors (Lipinski definition) is 2. The van der Waals surface area contributed by atoms with E-state index in [1.165, 1.54) is 0 Å². The van der Waals surface area contributed by atoms with Crippen molar-refractivity contribution >= 4 is 15.9 Å². The Bertz CT molecular complexity index is 390. The first-order valence-electron chi connectivity index (χ1n) is 6.53. The van der Waals surface area contributed by atoms with Crippen molar-refractivity contribution in [3.63, 3.8) is 0 Å². The molecule has 2 atom stereocenters. The monoisotopic (exact) mass is 314 g/mol. The molecule has 0 heterocycles. The molecule has 0 aliphatic rings. The molecule has 0 saturated carbocycles. The number of aliphatic hydroxyl groups is 1. The van der Waals surface area contributed by atoms with Crippen LogP contribution in [0.3, 0.4) is 0 Å². The fraction of sp³-hybridized carbons (Fsp3) is 0.600. The summed E-state index contributed by atoms with van der Waals surface area (Å²) in [5.41, 5.74) is 1.99. The van der Waals surface area contributed by atoms with Crippen LogP contribution in [0.2, 0.25) is 0 Å². The number of aryl methyl sites for hydroxylation is 1. The summed E-state index contributed by atoms with van der Waals surface area (Å²) in [6.45, 7) is 6.28. The highest BCUT2D eigenvalue weighted by atomic mass is 79.9. The number of ether oxygens (including phenoxy) is 1.